The fourth-order valence-corrected chi connectivity index (χ4v) is 2.36. The lowest BCUT2D eigenvalue weighted by Gasteiger charge is -2.08. The van der Waals surface area contributed by atoms with E-state index in [1.54, 1.807) is 0 Å². The van der Waals surface area contributed by atoms with Gasteiger partial charge < -0.3 is 9.47 Å². The SMILES string of the molecule is c1ccc2nc(COc3ccc(OCn4ncnn4)cc3)ccc2c1. The van der Waals surface area contributed by atoms with Gasteiger partial charge in [0.2, 0.25) is 6.73 Å². The van der Waals surface area contributed by atoms with Crippen LogP contribution in [-0.2, 0) is 13.3 Å². The summed E-state index contributed by atoms with van der Waals surface area (Å²) in [6.07, 6.45) is 1.36. The molecular weight excluding hydrogens is 318 g/mol. The van der Waals surface area contributed by atoms with Gasteiger partial charge in [-0.3, -0.25) is 0 Å². The third-order valence-corrected chi connectivity index (χ3v) is 3.60. The van der Waals surface area contributed by atoms with Crippen LogP contribution in [0.5, 0.6) is 11.5 Å². The van der Waals surface area contributed by atoms with Gasteiger partial charge in [-0.05, 0) is 41.6 Å². The molecule has 0 saturated carbocycles. The zero-order valence-corrected chi connectivity index (χ0v) is 13.3. The minimum absolute atomic E-state index is 0.210. The van der Waals surface area contributed by atoms with Crippen molar-refractivity contribution in [3.05, 3.63) is 72.7 Å². The second kappa shape index (κ2) is 6.96. The highest BCUT2D eigenvalue weighted by Crippen LogP contribution is 2.19. The normalized spacial score (nSPS) is 10.7. The van der Waals surface area contributed by atoms with Crippen molar-refractivity contribution in [1.82, 2.24) is 25.2 Å². The van der Waals surface area contributed by atoms with E-state index >= 15 is 0 Å². The number of para-hydroxylation sites is 1. The maximum Gasteiger partial charge on any atom is 0.200 e. The summed E-state index contributed by atoms with van der Waals surface area (Å²) in [7, 11) is 0. The Morgan fingerprint density at radius 3 is 2.44 bits per heavy atom. The van der Waals surface area contributed by atoms with E-state index in [-0.39, 0.29) is 6.73 Å². The highest BCUT2D eigenvalue weighted by atomic mass is 16.5. The van der Waals surface area contributed by atoms with Crippen molar-refractivity contribution in [2.24, 2.45) is 0 Å². The molecule has 0 aliphatic heterocycles. The Bertz CT molecular complexity index is 955. The van der Waals surface area contributed by atoms with E-state index < -0.39 is 0 Å². The van der Waals surface area contributed by atoms with Gasteiger partial charge in [-0.25, -0.2) is 4.98 Å². The maximum atomic E-state index is 5.79. The fourth-order valence-electron chi connectivity index (χ4n) is 2.36. The van der Waals surface area contributed by atoms with Crippen LogP contribution in [-0.4, -0.2) is 25.2 Å². The molecule has 0 atom stereocenters. The largest absolute Gasteiger partial charge is 0.487 e. The van der Waals surface area contributed by atoms with Gasteiger partial charge in [0.15, 0.2) is 6.33 Å². The molecule has 0 radical (unpaired) electrons. The van der Waals surface area contributed by atoms with Crippen LogP contribution in [0.1, 0.15) is 5.69 Å². The molecule has 4 rings (SSSR count). The summed E-state index contributed by atoms with van der Waals surface area (Å²) in [5.74, 6) is 1.45. The first-order chi connectivity index (χ1) is 12.4. The molecule has 0 saturated heterocycles. The summed E-state index contributed by atoms with van der Waals surface area (Å²) < 4.78 is 11.3. The third-order valence-electron chi connectivity index (χ3n) is 3.60. The molecule has 0 aliphatic carbocycles. The van der Waals surface area contributed by atoms with Crippen molar-refractivity contribution < 1.29 is 9.47 Å². The van der Waals surface area contributed by atoms with Crippen LogP contribution in [0.2, 0.25) is 0 Å². The van der Waals surface area contributed by atoms with E-state index in [1.165, 1.54) is 11.1 Å². The number of benzene rings is 2. The average Bonchev–Trinajstić information content (AvgIpc) is 3.19. The number of nitrogens with zero attached hydrogens (tertiary/aromatic N) is 5. The van der Waals surface area contributed by atoms with Crippen molar-refractivity contribution in [3.8, 4) is 11.5 Å². The molecule has 2 heterocycles. The number of tetrazole rings is 1. The first-order valence-corrected chi connectivity index (χ1v) is 7.78. The van der Waals surface area contributed by atoms with Gasteiger partial charge in [-0.2, -0.15) is 0 Å². The van der Waals surface area contributed by atoms with Crippen LogP contribution in [0.3, 0.4) is 0 Å². The van der Waals surface area contributed by atoms with Gasteiger partial charge in [0, 0.05) is 5.39 Å². The number of rotatable bonds is 6. The van der Waals surface area contributed by atoms with Crippen LogP contribution in [0, 0.1) is 0 Å². The Balaban J connectivity index is 1.35. The average molecular weight is 333 g/mol. The lowest BCUT2D eigenvalue weighted by atomic mass is 10.2. The van der Waals surface area contributed by atoms with Gasteiger partial charge in [0.05, 0.1) is 11.2 Å². The molecule has 0 unspecified atom stereocenters. The molecule has 0 spiro atoms. The predicted octanol–water partition coefficient (Wildman–Crippen LogP) is 2.84. The smallest absolute Gasteiger partial charge is 0.200 e. The number of aromatic nitrogens is 5. The maximum absolute atomic E-state index is 5.79. The number of hydrogen-bond donors (Lipinski definition) is 0. The molecule has 0 N–H and O–H groups in total. The minimum atomic E-state index is 0.210. The first-order valence-electron chi connectivity index (χ1n) is 7.78. The molecule has 0 amide bonds. The van der Waals surface area contributed by atoms with E-state index in [0.29, 0.717) is 12.4 Å². The molecule has 0 bridgehead atoms. The van der Waals surface area contributed by atoms with Crippen molar-refractivity contribution in [2.45, 2.75) is 13.3 Å². The van der Waals surface area contributed by atoms with Crippen molar-refractivity contribution in [3.63, 3.8) is 0 Å². The third kappa shape index (κ3) is 3.72. The van der Waals surface area contributed by atoms with Crippen LogP contribution in [0.15, 0.2) is 67.0 Å². The lowest BCUT2D eigenvalue weighted by molar-refractivity contribution is 0.200. The monoisotopic (exact) mass is 333 g/mol. The van der Waals surface area contributed by atoms with E-state index in [2.05, 4.69) is 26.5 Å². The van der Waals surface area contributed by atoms with Gasteiger partial charge in [0.1, 0.15) is 18.1 Å². The van der Waals surface area contributed by atoms with Crippen LogP contribution in [0.25, 0.3) is 10.9 Å². The van der Waals surface area contributed by atoms with E-state index in [1.807, 2.05) is 54.6 Å². The summed E-state index contributed by atoms with van der Waals surface area (Å²) in [5, 5.41) is 12.3. The zero-order valence-electron chi connectivity index (χ0n) is 13.3. The molecule has 124 valence electrons. The second-order valence-electron chi connectivity index (χ2n) is 5.34. The summed E-state index contributed by atoms with van der Waals surface area (Å²) in [4.78, 5) is 5.95. The van der Waals surface area contributed by atoms with Crippen LogP contribution in [0.4, 0.5) is 0 Å². The Morgan fingerprint density at radius 2 is 1.64 bits per heavy atom. The molecule has 4 aromatic rings. The predicted molar refractivity (Wildman–Crippen MR) is 91.0 cm³/mol. The van der Waals surface area contributed by atoms with Gasteiger partial charge in [-0.15, -0.1) is 15.0 Å². The summed E-state index contributed by atoms with van der Waals surface area (Å²) >= 11 is 0. The summed E-state index contributed by atoms with van der Waals surface area (Å²) in [6.45, 7) is 0.620. The topological polar surface area (TPSA) is 75.0 Å². The standard InChI is InChI=1S/C18H15N5O2/c1-2-4-18-14(3-1)5-6-15(21-18)11-24-16-7-9-17(10-8-16)25-13-23-20-12-19-22-23/h1-10,12H,11,13H2. The number of pyridine rings is 1. The Morgan fingerprint density at radius 1 is 0.840 bits per heavy atom. The summed E-state index contributed by atoms with van der Waals surface area (Å²) in [6, 6.07) is 19.4. The van der Waals surface area contributed by atoms with Crippen molar-refractivity contribution in [2.75, 3.05) is 0 Å². The highest BCUT2D eigenvalue weighted by molar-refractivity contribution is 5.78. The second-order valence-corrected chi connectivity index (χ2v) is 5.34. The van der Waals surface area contributed by atoms with E-state index in [4.69, 9.17) is 9.47 Å². The number of fused-ring (bicyclic) bond motifs is 1. The molecule has 7 heteroatoms. The minimum Gasteiger partial charge on any atom is -0.487 e. The molecule has 0 aliphatic rings. The van der Waals surface area contributed by atoms with Gasteiger partial charge in [-0.1, -0.05) is 24.3 Å². The Kier molecular flexibility index (Phi) is 4.20. The molecule has 2 aromatic carbocycles. The quantitative estimate of drug-likeness (QED) is 0.540. The van der Waals surface area contributed by atoms with Crippen LogP contribution < -0.4 is 9.47 Å². The van der Waals surface area contributed by atoms with Gasteiger partial charge >= 0.3 is 0 Å². The van der Waals surface area contributed by atoms with Crippen LogP contribution >= 0.6 is 0 Å². The van der Waals surface area contributed by atoms with E-state index in [0.717, 1.165) is 22.3 Å². The zero-order chi connectivity index (χ0) is 16.9. The first kappa shape index (κ1) is 15.1. The molecule has 0 fully saturated rings. The fraction of sp³-hybridized carbons (Fsp3) is 0.111. The molecule has 2 aromatic heterocycles. The van der Waals surface area contributed by atoms with Gasteiger partial charge in [0.25, 0.3) is 0 Å². The van der Waals surface area contributed by atoms with Crippen molar-refractivity contribution >= 4 is 10.9 Å². The molecule has 7 nitrogen and oxygen atoms in total. The Labute approximate surface area is 143 Å². The Hall–Kier alpha value is -3.48. The molecular formula is C18H15N5O2. The van der Waals surface area contributed by atoms with Crippen molar-refractivity contribution in [1.29, 1.82) is 0 Å². The lowest BCUT2D eigenvalue weighted by Crippen LogP contribution is -2.08. The number of ether oxygens (including phenoxy) is 2. The number of hydrogen-bond acceptors (Lipinski definition) is 6. The van der Waals surface area contributed by atoms with E-state index in [9.17, 15) is 0 Å². The summed E-state index contributed by atoms with van der Waals surface area (Å²) in [5.41, 5.74) is 1.85. The molecule has 25 heavy (non-hydrogen) atoms. The highest BCUT2D eigenvalue weighted by Gasteiger charge is 2.01.